The van der Waals surface area contributed by atoms with E-state index in [2.05, 4.69) is 50.1 Å². The Kier molecular flexibility index (Phi) is 3.77. The molecule has 2 aromatic rings. The minimum absolute atomic E-state index is 0.791. The lowest BCUT2D eigenvalue weighted by atomic mass is 10.1. The first kappa shape index (κ1) is 13.7. The van der Waals surface area contributed by atoms with Gasteiger partial charge in [0.05, 0.1) is 0 Å². The Labute approximate surface area is 131 Å². The van der Waals surface area contributed by atoms with Gasteiger partial charge >= 0.3 is 0 Å². The van der Waals surface area contributed by atoms with Crippen molar-refractivity contribution in [2.24, 2.45) is 5.92 Å². The van der Waals surface area contributed by atoms with Gasteiger partial charge in [-0.05, 0) is 30.4 Å². The van der Waals surface area contributed by atoms with Gasteiger partial charge in [-0.3, -0.25) is 4.90 Å². The Morgan fingerprint density at radius 3 is 2.36 bits per heavy atom. The lowest BCUT2D eigenvalue weighted by molar-refractivity contribution is 0.236. The quantitative estimate of drug-likeness (QED) is 0.865. The second-order valence-corrected chi connectivity index (χ2v) is 6.32. The molecule has 1 aromatic carbocycles. The van der Waals surface area contributed by atoms with Crippen LogP contribution in [0.15, 0.2) is 48.8 Å². The minimum atomic E-state index is 0.791. The van der Waals surface area contributed by atoms with E-state index < -0.39 is 0 Å². The van der Waals surface area contributed by atoms with Crippen LogP contribution in [0.1, 0.15) is 12.0 Å². The molecule has 4 nitrogen and oxygen atoms in total. The van der Waals surface area contributed by atoms with Crippen molar-refractivity contribution in [2.75, 3.05) is 31.1 Å². The molecule has 2 aliphatic rings. The fourth-order valence-electron chi connectivity index (χ4n) is 3.52. The summed E-state index contributed by atoms with van der Waals surface area (Å²) in [7, 11) is 0. The van der Waals surface area contributed by atoms with Crippen LogP contribution < -0.4 is 4.90 Å². The van der Waals surface area contributed by atoms with Crippen molar-refractivity contribution in [3.8, 4) is 0 Å². The maximum Gasteiger partial charge on any atom is 0.225 e. The maximum atomic E-state index is 4.36. The van der Waals surface area contributed by atoms with E-state index in [0.717, 1.165) is 44.1 Å². The topological polar surface area (TPSA) is 32.3 Å². The average molecular weight is 294 g/mol. The number of piperazine rings is 1. The van der Waals surface area contributed by atoms with Crippen molar-refractivity contribution < 1.29 is 0 Å². The number of hydrogen-bond acceptors (Lipinski definition) is 4. The first-order chi connectivity index (χ1) is 10.9. The molecule has 2 heterocycles. The van der Waals surface area contributed by atoms with Crippen LogP contribution in [0.2, 0.25) is 0 Å². The van der Waals surface area contributed by atoms with Crippen LogP contribution in [0, 0.1) is 5.92 Å². The Bertz CT molecular complexity index is 593. The van der Waals surface area contributed by atoms with E-state index in [0.29, 0.717) is 0 Å². The molecule has 1 aromatic heterocycles. The average Bonchev–Trinajstić information content (AvgIpc) is 3.36. The first-order valence-electron chi connectivity index (χ1n) is 8.20. The molecule has 0 spiro atoms. The molecule has 1 aliphatic heterocycles. The summed E-state index contributed by atoms with van der Waals surface area (Å²) < 4.78 is 0. The molecule has 2 atom stereocenters. The van der Waals surface area contributed by atoms with Crippen LogP contribution in [0.4, 0.5) is 5.95 Å². The summed E-state index contributed by atoms with van der Waals surface area (Å²) in [6.45, 7) is 4.35. The number of aromatic nitrogens is 2. The zero-order chi connectivity index (χ0) is 14.8. The van der Waals surface area contributed by atoms with Gasteiger partial charge in [-0.1, -0.05) is 30.3 Å². The van der Waals surface area contributed by atoms with Gasteiger partial charge in [-0.25, -0.2) is 9.97 Å². The van der Waals surface area contributed by atoms with Gasteiger partial charge in [0.25, 0.3) is 0 Å². The molecule has 114 valence electrons. The van der Waals surface area contributed by atoms with Gasteiger partial charge in [0.2, 0.25) is 5.95 Å². The monoisotopic (exact) mass is 294 g/mol. The molecular formula is C18H22N4. The zero-order valence-electron chi connectivity index (χ0n) is 12.8. The van der Waals surface area contributed by atoms with Gasteiger partial charge < -0.3 is 4.90 Å². The number of rotatable bonds is 4. The van der Waals surface area contributed by atoms with E-state index in [1.165, 1.54) is 18.4 Å². The molecule has 0 radical (unpaired) electrons. The third-order valence-corrected chi connectivity index (χ3v) is 4.84. The van der Waals surface area contributed by atoms with Crippen molar-refractivity contribution in [3.05, 3.63) is 54.4 Å². The highest BCUT2D eigenvalue weighted by Crippen LogP contribution is 2.38. The molecule has 2 fully saturated rings. The summed E-state index contributed by atoms with van der Waals surface area (Å²) in [6, 6.07) is 13.5. The second kappa shape index (κ2) is 6.05. The van der Waals surface area contributed by atoms with Gasteiger partial charge in [0, 0.05) is 44.6 Å². The maximum absolute atomic E-state index is 4.36. The van der Waals surface area contributed by atoms with E-state index in [1.54, 1.807) is 0 Å². The standard InChI is InChI=1S/C18H22N4/c1-2-5-15(6-3-1)13-16-14-17(16)21-9-11-22(12-10-21)18-19-7-4-8-20-18/h1-8,16-17H,9-14H2/t16-,17-/m0/s1. The van der Waals surface area contributed by atoms with Crippen LogP contribution in [0.25, 0.3) is 0 Å². The normalized spacial score (nSPS) is 25.2. The van der Waals surface area contributed by atoms with E-state index in [4.69, 9.17) is 0 Å². The van der Waals surface area contributed by atoms with Crippen molar-refractivity contribution in [3.63, 3.8) is 0 Å². The summed E-state index contributed by atoms with van der Waals surface area (Å²) in [5.41, 5.74) is 1.48. The SMILES string of the molecule is c1ccc(C[C@H]2C[C@@H]2N2CCN(c3ncccn3)CC2)cc1. The first-order valence-corrected chi connectivity index (χ1v) is 8.20. The molecule has 1 saturated heterocycles. The number of hydrogen-bond donors (Lipinski definition) is 0. The molecule has 1 aliphatic carbocycles. The highest BCUT2D eigenvalue weighted by atomic mass is 15.3. The zero-order valence-corrected chi connectivity index (χ0v) is 12.8. The van der Waals surface area contributed by atoms with E-state index in [-0.39, 0.29) is 0 Å². The van der Waals surface area contributed by atoms with Crippen molar-refractivity contribution in [2.45, 2.75) is 18.9 Å². The molecule has 0 bridgehead atoms. The van der Waals surface area contributed by atoms with Crippen molar-refractivity contribution in [1.82, 2.24) is 14.9 Å². The summed E-state index contributed by atoms with van der Waals surface area (Å²) in [5.74, 6) is 1.72. The van der Waals surface area contributed by atoms with Crippen LogP contribution in [-0.2, 0) is 6.42 Å². The fraction of sp³-hybridized carbons (Fsp3) is 0.444. The van der Waals surface area contributed by atoms with Crippen molar-refractivity contribution in [1.29, 1.82) is 0 Å². The largest absolute Gasteiger partial charge is 0.338 e. The van der Waals surface area contributed by atoms with Gasteiger partial charge in [-0.15, -0.1) is 0 Å². The summed E-state index contributed by atoms with van der Waals surface area (Å²) in [6.07, 6.45) is 6.24. The van der Waals surface area contributed by atoms with Crippen molar-refractivity contribution >= 4 is 5.95 Å². The van der Waals surface area contributed by atoms with Gasteiger partial charge in [-0.2, -0.15) is 0 Å². The molecule has 22 heavy (non-hydrogen) atoms. The Morgan fingerprint density at radius 2 is 1.64 bits per heavy atom. The molecule has 4 heteroatoms. The van der Waals surface area contributed by atoms with Gasteiger partial charge in [0.1, 0.15) is 0 Å². The third-order valence-electron chi connectivity index (χ3n) is 4.84. The van der Waals surface area contributed by atoms with Crippen LogP contribution in [0.3, 0.4) is 0 Å². The molecule has 0 unspecified atom stereocenters. The fourth-order valence-corrected chi connectivity index (χ4v) is 3.52. The van der Waals surface area contributed by atoms with E-state index in [9.17, 15) is 0 Å². The molecule has 0 N–H and O–H groups in total. The highest BCUT2D eigenvalue weighted by molar-refractivity contribution is 5.29. The van der Waals surface area contributed by atoms with E-state index >= 15 is 0 Å². The Balaban J connectivity index is 1.28. The van der Waals surface area contributed by atoms with Crippen LogP contribution >= 0.6 is 0 Å². The molecule has 4 rings (SSSR count). The highest BCUT2D eigenvalue weighted by Gasteiger charge is 2.42. The molecular weight excluding hydrogens is 272 g/mol. The smallest absolute Gasteiger partial charge is 0.225 e. The molecule has 1 saturated carbocycles. The summed E-state index contributed by atoms with van der Waals surface area (Å²) in [4.78, 5) is 13.7. The number of anilines is 1. The predicted molar refractivity (Wildman–Crippen MR) is 87.9 cm³/mol. The summed E-state index contributed by atoms with van der Waals surface area (Å²) >= 11 is 0. The number of nitrogens with zero attached hydrogens (tertiary/aromatic N) is 4. The Hall–Kier alpha value is -1.94. The lowest BCUT2D eigenvalue weighted by Crippen LogP contribution is -2.48. The van der Waals surface area contributed by atoms with Gasteiger partial charge in [0.15, 0.2) is 0 Å². The second-order valence-electron chi connectivity index (χ2n) is 6.32. The molecule has 0 amide bonds. The van der Waals surface area contributed by atoms with E-state index in [1.807, 2.05) is 18.5 Å². The van der Waals surface area contributed by atoms with Crippen LogP contribution in [-0.4, -0.2) is 47.1 Å². The lowest BCUT2D eigenvalue weighted by Gasteiger charge is -2.35. The predicted octanol–water partition coefficient (Wildman–Crippen LogP) is 2.23. The Morgan fingerprint density at radius 1 is 0.909 bits per heavy atom. The minimum Gasteiger partial charge on any atom is -0.338 e. The number of benzene rings is 1. The van der Waals surface area contributed by atoms with Crippen LogP contribution in [0.5, 0.6) is 0 Å². The summed E-state index contributed by atoms with van der Waals surface area (Å²) in [5, 5.41) is 0. The third kappa shape index (κ3) is 2.97.